The Morgan fingerprint density at radius 1 is 1.39 bits per heavy atom. The fourth-order valence-corrected chi connectivity index (χ4v) is 1.66. The number of nitrogens with zero attached hydrogens (tertiary/aromatic N) is 2. The van der Waals surface area contributed by atoms with Gasteiger partial charge in [0.1, 0.15) is 0 Å². The molecule has 1 heterocycles. The molecule has 0 aliphatic heterocycles. The second-order valence-electron chi connectivity index (χ2n) is 4.09. The predicted octanol–water partition coefficient (Wildman–Crippen LogP) is 2.18. The van der Waals surface area contributed by atoms with E-state index in [4.69, 9.17) is 4.74 Å². The zero-order valence-corrected chi connectivity index (χ0v) is 11.6. The van der Waals surface area contributed by atoms with Gasteiger partial charge in [0.2, 0.25) is 0 Å². The van der Waals surface area contributed by atoms with Gasteiger partial charge in [-0.05, 0) is 17.1 Å². The van der Waals surface area contributed by atoms with E-state index in [0.29, 0.717) is 0 Å². The normalized spacial score (nSPS) is 10.4. The quantitative estimate of drug-likeness (QED) is 0.619. The maximum atomic E-state index is 12.2. The molecule has 1 aromatic heterocycles. The molecule has 9 nitrogen and oxygen atoms in total. The average Bonchev–Trinajstić information content (AvgIpc) is 2.98. The van der Waals surface area contributed by atoms with Crippen LogP contribution in [0.2, 0.25) is 0 Å². The van der Waals surface area contributed by atoms with E-state index >= 15 is 0 Å². The Balaban J connectivity index is 2.15. The van der Waals surface area contributed by atoms with Gasteiger partial charge in [-0.25, -0.2) is 0 Å². The summed E-state index contributed by atoms with van der Waals surface area (Å²) in [4.78, 5) is 21.7. The average molecular weight is 328 g/mol. The van der Waals surface area contributed by atoms with Gasteiger partial charge in [0.05, 0.1) is 13.2 Å². The molecule has 11 heteroatoms. The van der Waals surface area contributed by atoms with E-state index < -0.39 is 23.3 Å². The fourth-order valence-electron chi connectivity index (χ4n) is 1.66. The number of ether oxygens (including phenoxy) is 2. The number of carbonyl (C=O) groups is 1. The van der Waals surface area contributed by atoms with Crippen LogP contribution in [0.4, 0.5) is 20.3 Å². The van der Waals surface area contributed by atoms with E-state index in [0.717, 1.165) is 6.07 Å². The molecule has 0 spiro atoms. The molecule has 0 fully saturated rings. The summed E-state index contributed by atoms with van der Waals surface area (Å²) in [7, 11) is 1.25. The minimum Gasteiger partial charge on any atom is -0.493 e. The molecule has 2 rings (SSSR count). The Hall–Kier alpha value is -3.24. The van der Waals surface area contributed by atoms with Crippen molar-refractivity contribution in [2.75, 3.05) is 12.4 Å². The third kappa shape index (κ3) is 3.90. The van der Waals surface area contributed by atoms with E-state index in [2.05, 4.69) is 20.3 Å². The number of rotatable bonds is 6. The van der Waals surface area contributed by atoms with Gasteiger partial charge in [-0.1, -0.05) is 5.10 Å². The number of anilines is 1. The summed E-state index contributed by atoms with van der Waals surface area (Å²) >= 11 is 0. The zero-order chi connectivity index (χ0) is 17.0. The molecule has 0 bridgehead atoms. The monoisotopic (exact) mass is 328 g/mol. The van der Waals surface area contributed by atoms with Gasteiger partial charge in [-0.15, -0.1) is 5.10 Å². The van der Waals surface area contributed by atoms with Crippen LogP contribution in [-0.2, 0) is 0 Å². The number of benzene rings is 1. The smallest absolute Gasteiger partial charge is 0.387 e. The van der Waals surface area contributed by atoms with Crippen LogP contribution in [-0.4, -0.2) is 34.7 Å². The van der Waals surface area contributed by atoms with E-state index in [-0.39, 0.29) is 22.9 Å². The molecule has 1 amide bonds. The Morgan fingerprint density at radius 2 is 2.13 bits per heavy atom. The molecule has 23 heavy (non-hydrogen) atoms. The van der Waals surface area contributed by atoms with Gasteiger partial charge in [-0.3, -0.25) is 4.79 Å². The SMILES string of the molecule is COc1cc(NC(=O)c2cc([N+](=O)[O-])[nH]n2)ccc1OC(F)F. The summed E-state index contributed by atoms with van der Waals surface area (Å²) in [5.74, 6) is -1.38. The maximum absolute atomic E-state index is 12.2. The molecular formula is C12H10F2N4O5. The van der Waals surface area contributed by atoms with Crippen molar-refractivity contribution >= 4 is 17.4 Å². The van der Waals surface area contributed by atoms with Crippen LogP contribution in [0.1, 0.15) is 10.5 Å². The van der Waals surface area contributed by atoms with E-state index in [1.165, 1.54) is 25.3 Å². The van der Waals surface area contributed by atoms with Crippen LogP contribution in [0, 0.1) is 10.1 Å². The summed E-state index contributed by atoms with van der Waals surface area (Å²) in [5.41, 5.74) is 0.00249. The highest BCUT2D eigenvalue weighted by Gasteiger charge is 2.17. The number of aromatic nitrogens is 2. The van der Waals surface area contributed by atoms with Crippen molar-refractivity contribution in [1.29, 1.82) is 0 Å². The van der Waals surface area contributed by atoms with Crippen molar-refractivity contribution in [3.8, 4) is 11.5 Å². The molecule has 0 aliphatic rings. The molecule has 0 saturated heterocycles. The number of amides is 1. The first-order chi connectivity index (χ1) is 10.9. The summed E-state index contributed by atoms with van der Waals surface area (Å²) < 4.78 is 33.6. The third-order valence-electron chi connectivity index (χ3n) is 2.63. The summed E-state index contributed by atoms with van der Waals surface area (Å²) in [6.07, 6.45) is 0. The lowest BCUT2D eigenvalue weighted by atomic mass is 10.2. The summed E-state index contributed by atoms with van der Waals surface area (Å²) in [6.45, 7) is -3.02. The number of carbonyl (C=O) groups excluding carboxylic acids is 1. The molecule has 0 atom stereocenters. The standard InChI is InChI=1S/C12H10F2N4O5/c1-22-9-4-6(2-3-8(9)23-12(13)14)15-11(19)7-5-10(17-16-7)18(20)21/h2-5,12H,1H3,(H,15,19)(H,16,17). The van der Waals surface area contributed by atoms with Crippen LogP contribution in [0.3, 0.4) is 0 Å². The first-order valence-corrected chi connectivity index (χ1v) is 6.04. The van der Waals surface area contributed by atoms with Gasteiger partial charge in [-0.2, -0.15) is 8.78 Å². The molecule has 2 N–H and O–H groups in total. The maximum Gasteiger partial charge on any atom is 0.387 e. The first kappa shape index (κ1) is 16.1. The molecular weight excluding hydrogens is 318 g/mol. The number of nitro groups is 1. The van der Waals surface area contributed by atoms with Gasteiger partial charge in [0, 0.05) is 11.8 Å². The number of alkyl halides is 2. The van der Waals surface area contributed by atoms with Crippen LogP contribution >= 0.6 is 0 Å². The number of methoxy groups -OCH3 is 1. The Kier molecular flexibility index (Phi) is 4.69. The summed E-state index contributed by atoms with van der Waals surface area (Å²) in [6, 6.07) is 4.71. The topological polar surface area (TPSA) is 119 Å². The highest BCUT2D eigenvalue weighted by molar-refractivity contribution is 6.03. The lowest BCUT2D eigenvalue weighted by molar-refractivity contribution is -0.389. The van der Waals surface area contributed by atoms with Gasteiger partial charge in [0.25, 0.3) is 5.91 Å². The van der Waals surface area contributed by atoms with Crippen LogP contribution in [0.15, 0.2) is 24.3 Å². The van der Waals surface area contributed by atoms with Gasteiger partial charge in [0.15, 0.2) is 17.2 Å². The van der Waals surface area contributed by atoms with Crippen molar-refractivity contribution in [2.45, 2.75) is 6.61 Å². The Bertz CT molecular complexity index is 734. The third-order valence-corrected chi connectivity index (χ3v) is 2.63. The van der Waals surface area contributed by atoms with Crippen molar-refractivity contribution in [1.82, 2.24) is 10.2 Å². The number of halogens is 2. The van der Waals surface area contributed by atoms with Crippen molar-refractivity contribution in [2.24, 2.45) is 0 Å². The second kappa shape index (κ2) is 6.68. The van der Waals surface area contributed by atoms with Gasteiger partial charge < -0.3 is 24.9 Å². The minimum absolute atomic E-state index is 0.0175. The molecule has 2 aromatic rings. The molecule has 0 aliphatic carbocycles. The lowest BCUT2D eigenvalue weighted by Crippen LogP contribution is -2.12. The number of hydrogen-bond acceptors (Lipinski definition) is 6. The molecule has 0 radical (unpaired) electrons. The first-order valence-electron chi connectivity index (χ1n) is 6.04. The van der Waals surface area contributed by atoms with Crippen LogP contribution < -0.4 is 14.8 Å². The number of aromatic amines is 1. The van der Waals surface area contributed by atoms with E-state index in [1.54, 1.807) is 0 Å². The fraction of sp³-hybridized carbons (Fsp3) is 0.167. The number of nitrogens with one attached hydrogen (secondary N) is 2. The largest absolute Gasteiger partial charge is 0.493 e. The van der Waals surface area contributed by atoms with E-state index in [9.17, 15) is 23.7 Å². The zero-order valence-electron chi connectivity index (χ0n) is 11.6. The second-order valence-corrected chi connectivity index (χ2v) is 4.09. The predicted molar refractivity (Wildman–Crippen MR) is 72.8 cm³/mol. The molecule has 122 valence electrons. The Morgan fingerprint density at radius 3 is 2.70 bits per heavy atom. The van der Waals surface area contributed by atoms with E-state index in [1.807, 2.05) is 0 Å². The summed E-state index contributed by atoms with van der Waals surface area (Å²) in [5, 5.41) is 18.5. The van der Waals surface area contributed by atoms with Crippen molar-refractivity contribution < 1.29 is 28.0 Å². The van der Waals surface area contributed by atoms with Gasteiger partial charge >= 0.3 is 12.4 Å². The van der Waals surface area contributed by atoms with Crippen LogP contribution in [0.5, 0.6) is 11.5 Å². The van der Waals surface area contributed by atoms with Crippen molar-refractivity contribution in [3.05, 3.63) is 40.1 Å². The highest BCUT2D eigenvalue weighted by atomic mass is 19.3. The van der Waals surface area contributed by atoms with Crippen molar-refractivity contribution in [3.63, 3.8) is 0 Å². The highest BCUT2D eigenvalue weighted by Crippen LogP contribution is 2.31. The number of H-pyrrole nitrogens is 1. The lowest BCUT2D eigenvalue weighted by Gasteiger charge is -2.11. The number of hydrogen-bond donors (Lipinski definition) is 2. The molecule has 0 unspecified atom stereocenters. The molecule has 1 aromatic carbocycles. The Labute approximate surface area is 127 Å². The minimum atomic E-state index is -3.02. The molecule has 0 saturated carbocycles. The van der Waals surface area contributed by atoms with Crippen LogP contribution in [0.25, 0.3) is 0 Å².